The van der Waals surface area contributed by atoms with Gasteiger partial charge in [0, 0.05) is 51.5 Å². The average molecular weight is 424 g/mol. The molecular weight excluding hydrogens is 386 g/mol. The maximum atomic E-state index is 13.6. The normalized spacial score (nSPS) is 24.7. The second kappa shape index (κ2) is 9.29. The van der Waals surface area contributed by atoms with Gasteiger partial charge in [-0.05, 0) is 50.3 Å². The monoisotopic (exact) mass is 423 g/mol. The lowest BCUT2D eigenvalue weighted by Crippen LogP contribution is -2.52. The molecule has 1 atom stereocenters. The van der Waals surface area contributed by atoms with Gasteiger partial charge in [0.1, 0.15) is 5.65 Å². The van der Waals surface area contributed by atoms with E-state index in [-0.39, 0.29) is 5.91 Å². The Morgan fingerprint density at radius 1 is 1.00 bits per heavy atom. The number of rotatable bonds is 4. The number of piperidine rings is 1. The molecule has 2 aromatic heterocycles. The molecule has 1 saturated carbocycles. The Kier molecular flexibility index (Phi) is 6.28. The topological polar surface area (TPSA) is 44.1 Å². The third-order valence-electron chi connectivity index (χ3n) is 7.64. The number of amides is 1. The van der Waals surface area contributed by atoms with Crippen LogP contribution in [0.4, 0.5) is 0 Å². The molecule has 6 nitrogen and oxygen atoms in total. The van der Waals surface area contributed by atoms with Crippen LogP contribution in [0.1, 0.15) is 68.1 Å². The molecule has 3 fully saturated rings. The van der Waals surface area contributed by atoms with Gasteiger partial charge in [-0.3, -0.25) is 14.6 Å². The molecule has 0 spiro atoms. The standard InChI is InChI=1S/C25H37N5O/c1-20-8-7-12-27(18-20)19-22-24(26-23-11-5-6-13-30(22)23)25(31)29-16-14-28(15-17-29)21-9-3-2-4-10-21/h5-6,11,13,20-21H,2-4,7-10,12,14-19H2,1H3/t20-/m1/s1. The molecule has 1 amide bonds. The van der Waals surface area contributed by atoms with Crippen molar-refractivity contribution in [3.8, 4) is 0 Å². The number of imidazole rings is 1. The minimum absolute atomic E-state index is 0.118. The summed E-state index contributed by atoms with van der Waals surface area (Å²) in [5, 5.41) is 0. The van der Waals surface area contributed by atoms with Crippen molar-refractivity contribution in [2.24, 2.45) is 5.92 Å². The second-order valence-electron chi connectivity index (χ2n) is 9.94. The Labute approximate surface area is 186 Å². The van der Waals surface area contributed by atoms with Crippen molar-refractivity contribution < 1.29 is 4.79 Å². The first-order valence-corrected chi connectivity index (χ1v) is 12.4. The fourth-order valence-electron chi connectivity index (χ4n) is 5.90. The summed E-state index contributed by atoms with van der Waals surface area (Å²) >= 11 is 0. The van der Waals surface area contributed by atoms with E-state index in [9.17, 15) is 4.79 Å². The number of carbonyl (C=O) groups excluding carboxylic acids is 1. The molecule has 1 aliphatic carbocycles. The van der Waals surface area contributed by atoms with Crippen LogP contribution in [0, 0.1) is 5.92 Å². The molecule has 5 rings (SSSR count). The fourth-order valence-corrected chi connectivity index (χ4v) is 5.90. The number of likely N-dealkylation sites (tertiary alicyclic amines) is 1. The van der Waals surface area contributed by atoms with E-state index in [0.29, 0.717) is 5.69 Å². The van der Waals surface area contributed by atoms with Crippen LogP contribution in [0.5, 0.6) is 0 Å². The quantitative estimate of drug-likeness (QED) is 0.753. The number of fused-ring (bicyclic) bond motifs is 1. The first-order valence-electron chi connectivity index (χ1n) is 12.4. The van der Waals surface area contributed by atoms with Gasteiger partial charge in [0.2, 0.25) is 0 Å². The average Bonchev–Trinajstić information content (AvgIpc) is 3.18. The summed E-state index contributed by atoms with van der Waals surface area (Å²) in [5.41, 5.74) is 2.60. The summed E-state index contributed by atoms with van der Waals surface area (Å²) in [6.07, 6.45) is 11.4. The van der Waals surface area contributed by atoms with Crippen molar-refractivity contribution in [1.29, 1.82) is 0 Å². The Balaban J connectivity index is 1.32. The van der Waals surface area contributed by atoms with Crippen LogP contribution in [-0.4, -0.2) is 75.3 Å². The summed E-state index contributed by atoms with van der Waals surface area (Å²) in [5.74, 6) is 0.840. The van der Waals surface area contributed by atoms with Crippen molar-refractivity contribution in [1.82, 2.24) is 24.1 Å². The van der Waals surface area contributed by atoms with Gasteiger partial charge in [0.15, 0.2) is 5.69 Å². The summed E-state index contributed by atoms with van der Waals surface area (Å²) in [6, 6.07) is 6.79. The van der Waals surface area contributed by atoms with Crippen LogP contribution < -0.4 is 0 Å². The van der Waals surface area contributed by atoms with Gasteiger partial charge in [-0.1, -0.05) is 32.3 Å². The lowest BCUT2D eigenvalue weighted by molar-refractivity contribution is 0.0516. The lowest BCUT2D eigenvalue weighted by Gasteiger charge is -2.40. The summed E-state index contributed by atoms with van der Waals surface area (Å²) in [7, 11) is 0. The molecule has 168 valence electrons. The Bertz CT molecular complexity index is 894. The molecule has 2 aliphatic heterocycles. The third kappa shape index (κ3) is 4.51. The maximum Gasteiger partial charge on any atom is 0.274 e. The zero-order chi connectivity index (χ0) is 21.2. The van der Waals surface area contributed by atoms with Gasteiger partial charge in [-0.15, -0.1) is 0 Å². The van der Waals surface area contributed by atoms with Crippen molar-refractivity contribution >= 4 is 11.6 Å². The molecule has 0 radical (unpaired) electrons. The molecule has 0 bridgehead atoms. The highest BCUT2D eigenvalue weighted by Crippen LogP contribution is 2.25. The highest BCUT2D eigenvalue weighted by molar-refractivity contribution is 5.94. The van der Waals surface area contributed by atoms with Gasteiger partial charge < -0.3 is 9.30 Å². The molecule has 2 aromatic rings. The first-order chi connectivity index (χ1) is 15.2. The van der Waals surface area contributed by atoms with Crippen LogP contribution in [-0.2, 0) is 6.54 Å². The molecular formula is C25H37N5O. The van der Waals surface area contributed by atoms with E-state index in [1.807, 2.05) is 23.1 Å². The zero-order valence-corrected chi connectivity index (χ0v) is 19.0. The summed E-state index contributed by atoms with van der Waals surface area (Å²) in [4.78, 5) is 25.6. The van der Waals surface area contributed by atoms with Crippen LogP contribution in [0.15, 0.2) is 24.4 Å². The van der Waals surface area contributed by atoms with E-state index in [0.717, 1.165) is 69.1 Å². The second-order valence-corrected chi connectivity index (χ2v) is 9.94. The van der Waals surface area contributed by atoms with Gasteiger partial charge in [-0.25, -0.2) is 4.98 Å². The van der Waals surface area contributed by atoms with Crippen molar-refractivity contribution in [3.05, 3.63) is 35.8 Å². The minimum atomic E-state index is 0.118. The number of pyridine rings is 1. The highest BCUT2D eigenvalue weighted by atomic mass is 16.2. The van der Waals surface area contributed by atoms with Gasteiger partial charge in [0.25, 0.3) is 5.91 Å². The van der Waals surface area contributed by atoms with Crippen LogP contribution >= 0.6 is 0 Å². The molecule has 3 aliphatic rings. The zero-order valence-electron chi connectivity index (χ0n) is 19.0. The maximum absolute atomic E-state index is 13.6. The summed E-state index contributed by atoms with van der Waals surface area (Å²) in [6.45, 7) is 9.00. The minimum Gasteiger partial charge on any atom is -0.335 e. The van der Waals surface area contributed by atoms with Crippen LogP contribution in [0.2, 0.25) is 0 Å². The van der Waals surface area contributed by atoms with E-state index in [4.69, 9.17) is 4.98 Å². The van der Waals surface area contributed by atoms with Crippen molar-refractivity contribution in [2.45, 2.75) is 64.5 Å². The first kappa shape index (κ1) is 21.0. The van der Waals surface area contributed by atoms with E-state index in [1.54, 1.807) is 0 Å². The molecule has 0 aromatic carbocycles. The molecule has 0 N–H and O–H groups in total. The van der Waals surface area contributed by atoms with E-state index in [2.05, 4.69) is 27.3 Å². The number of nitrogens with zero attached hydrogens (tertiary/aromatic N) is 5. The van der Waals surface area contributed by atoms with Crippen molar-refractivity contribution in [2.75, 3.05) is 39.3 Å². The number of aromatic nitrogens is 2. The largest absolute Gasteiger partial charge is 0.335 e. The fraction of sp³-hybridized carbons (Fsp3) is 0.680. The summed E-state index contributed by atoms with van der Waals surface area (Å²) < 4.78 is 2.13. The number of hydrogen-bond donors (Lipinski definition) is 0. The lowest BCUT2D eigenvalue weighted by atomic mass is 9.94. The highest BCUT2D eigenvalue weighted by Gasteiger charge is 2.30. The van der Waals surface area contributed by atoms with Crippen molar-refractivity contribution in [3.63, 3.8) is 0 Å². The molecule has 4 heterocycles. The Hall–Kier alpha value is -1.92. The Morgan fingerprint density at radius 2 is 1.81 bits per heavy atom. The van der Waals surface area contributed by atoms with Crippen LogP contribution in [0.25, 0.3) is 5.65 Å². The van der Waals surface area contributed by atoms with Gasteiger partial charge in [-0.2, -0.15) is 0 Å². The van der Waals surface area contributed by atoms with E-state index in [1.165, 1.54) is 44.9 Å². The predicted molar refractivity (Wildman–Crippen MR) is 123 cm³/mol. The van der Waals surface area contributed by atoms with Gasteiger partial charge >= 0.3 is 0 Å². The smallest absolute Gasteiger partial charge is 0.274 e. The Morgan fingerprint density at radius 3 is 2.58 bits per heavy atom. The molecule has 31 heavy (non-hydrogen) atoms. The SMILES string of the molecule is C[C@@H]1CCCN(Cc2c(C(=O)N3CCN(C4CCCCC4)CC3)nc3ccccn23)C1. The predicted octanol–water partition coefficient (Wildman–Crippen LogP) is 3.66. The third-order valence-corrected chi connectivity index (χ3v) is 7.64. The number of carbonyl (C=O) groups is 1. The number of hydrogen-bond acceptors (Lipinski definition) is 4. The molecule has 0 unspecified atom stereocenters. The van der Waals surface area contributed by atoms with Crippen LogP contribution in [0.3, 0.4) is 0 Å². The van der Waals surface area contributed by atoms with E-state index >= 15 is 0 Å². The molecule has 2 saturated heterocycles. The van der Waals surface area contributed by atoms with E-state index < -0.39 is 0 Å². The van der Waals surface area contributed by atoms with Gasteiger partial charge in [0.05, 0.1) is 5.69 Å². The number of piperazine rings is 1. The molecule has 6 heteroatoms.